The normalized spacial score (nSPS) is 23.3. The van der Waals surface area contributed by atoms with Crippen molar-refractivity contribution < 1.29 is 9.90 Å². The van der Waals surface area contributed by atoms with Crippen LogP contribution in [0, 0.1) is 5.92 Å². The highest BCUT2D eigenvalue weighted by molar-refractivity contribution is 5.85. The molecule has 15 heavy (non-hydrogen) atoms. The second-order valence-corrected chi connectivity index (χ2v) is 4.40. The lowest BCUT2D eigenvalue weighted by Crippen LogP contribution is -2.21. The van der Waals surface area contributed by atoms with Crippen LogP contribution in [-0.4, -0.2) is 35.6 Å². The predicted octanol–water partition coefficient (Wildman–Crippen LogP) is 2.14. The highest BCUT2D eigenvalue weighted by Crippen LogP contribution is 2.20. The van der Waals surface area contributed by atoms with Gasteiger partial charge in [-0.2, -0.15) is 0 Å². The molecule has 1 aliphatic heterocycles. The maximum Gasteiger partial charge on any atom is 0.330 e. The van der Waals surface area contributed by atoms with E-state index in [0.29, 0.717) is 5.57 Å². The van der Waals surface area contributed by atoms with Gasteiger partial charge in [-0.1, -0.05) is 19.4 Å². The van der Waals surface area contributed by atoms with Crippen molar-refractivity contribution in [3.8, 4) is 0 Å². The number of nitrogens with zero attached hydrogens (tertiary/aromatic N) is 1. The Kier molecular flexibility index (Phi) is 4.82. The van der Waals surface area contributed by atoms with E-state index >= 15 is 0 Å². The number of likely N-dealkylation sites (tertiary alicyclic amines) is 1. The number of aliphatic carboxylic acids is 1. The summed E-state index contributed by atoms with van der Waals surface area (Å²) in [7, 11) is 0. The maximum atomic E-state index is 10.6. The minimum atomic E-state index is -0.806. The molecule has 0 saturated carbocycles. The van der Waals surface area contributed by atoms with E-state index in [1.54, 1.807) is 6.92 Å². The molecule has 1 saturated heterocycles. The Hall–Kier alpha value is -0.830. The van der Waals surface area contributed by atoms with Gasteiger partial charge < -0.3 is 5.11 Å². The minimum Gasteiger partial charge on any atom is -0.478 e. The number of hydrogen-bond donors (Lipinski definition) is 1. The topological polar surface area (TPSA) is 40.5 Å². The lowest BCUT2D eigenvalue weighted by Gasteiger charge is -2.13. The molecule has 1 atom stereocenters. The van der Waals surface area contributed by atoms with Crippen LogP contribution in [0.25, 0.3) is 0 Å². The van der Waals surface area contributed by atoms with E-state index in [1.165, 1.54) is 19.3 Å². The molecule has 3 nitrogen and oxygen atoms in total. The zero-order chi connectivity index (χ0) is 11.3. The molecule has 1 rings (SSSR count). The fourth-order valence-corrected chi connectivity index (χ4v) is 2.08. The van der Waals surface area contributed by atoms with E-state index in [-0.39, 0.29) is 0 Å². The van der Waals surface area contributed by atoms with Crippen molar-refractivity contribution >= 4 is 5.97 Å². The number of carboxylic acids is 1. The number of carboxylic acid groups (broad SMARTS) is 1. The molecular weight excluding hydrogens is 190 g/mol. The zero-order valence-electron chi connectivity index (χ0n) is 9.70. The number of rotatable bonds is 5. The summed E-state index contributed by atoms with van der Waals surface area (Å²) in [4.78, 5) is 12.9. The van der Waals surface area contributed by atoms with E-state index in [0.717, 1.165) is 25.6 Å². The molecule has 0 aromatic rings. The summed E-state index contributed by atoms with van der Waals surface area (Å²) >= 11 is 0. The maximum absolute atomic E-state index is 10.6. The summed E-state index contributed by atoms with van der Waals surface area (Å²) in [5, 5.41) is 8.71. The van der Waals surface area contributed by atoms with Crippen LogP contribution >= 0.6 is 0 Å². The zero-order valence-corrected chi connectivity index (χ0v) is 9.70. The minimum absolute atomic E-state index is 0.453. The molecule has 1 aliphatic rings. The van der Waals surface area contributed by atoms with Gasteiger partial charge in [0.25, 0.3) is 0 Å². The molecular formula is C12H21NO2. The largest absolute Gasteiger partial charge is 0.478 e. The molecule has 1 fully saturated rings. The molecule has 1 heterocycles. The third-order valence-electron chi connectivity index (χ3n) is 3.06. The van der Waals surface area contributed by atoms with Crippen molar-refractivity contribution in [1.82, 2.24) is 4.90 Å². The van der Waals surface area contributed by atoms with E-state index in [1.807, 2.05) is 6.08 Å². The van der Waals surface area contributed by atoms with E-state index in [2.05, 4.69) is 11.8 Å². The van der Waals surface area contributed by atoms with Gasteiger partial charge in [0.15, 0.2) is 0 Å². The van der Waals surface area contributed by atoms with Crippen LogP contribution in [0.4, 0.5) is 0 Å². The van der Waals surface area contributed by atoms with Crippen molar-refractivity contribution in [3.05, 3.63) is 11.6 Å². The van der Waals surface area contributed by atoms with Gasteiger partial charge in [0, 0.05) is 18.7 Å². The first kappa shape index (κ1) is 12.2. The Morgan fingerprint density at radius 2 is 2.33 bits per heavy atom. The molecule has 0 spiro atoms. The molecule has 3 heteroatoms. The average molecular weight is 211 g/mol. The van der Waals surface area contributed by atoms with Gasteiger partial charge in [0.05, 0.1) is 0 Å². The Balaban J connectivity index is 2.30. The predicted molar refractivity (Wildman–Crippen MR) is 60.8 cm³/mol. The highest BCUT2D eigenvalue weighted by Gasteiger charge is 2.20. The highest BCUT2D eigenvalue weighted by atomic mass is 16.4. The number of hydrogen-bond acceptors (Lipinski definition) is 2. The lowest BCUT2D eigenvalue weighted by atomic mass is 10.0. The van der Waals surface area contributed by atoms with Crippen LogP contribution in [0.15, 0.2) is 11.6 Å². The van der Waals surface area contributed by atoms with Gasteiger partial charge in [-0.05, 0) is 32.2 Å². The summed E-state index contributed by atoms with van der Waals surface area (Å²) in [6.07, 6.45) is 5.64. The summed E-state index contributed by atoms with van der Waals surface area (Å²) in [5.74, 6) is 0.0211. The monoisotopic (exact) mass is 211 g/mol. The average Bonchev–Trinajstić information content (AvgIpc) is 2.62. The molecule has 1 unspecified atom stereocenters. The van der Waals surface area contributed by atoms with Crippen LogP contribution in [0.3, 0.4) is 0 Å². The summed E-state index contributed by atoms with van der Waals surface area (Å²) < 4.78 is 0. The van der Waals surface area contributed by atoms with Crippen LogP contribution in [-0.2, 0) is 4.79 Å². The van der Waals surface area contributed by atoms with Crippen LogP contribution in [0.5, 0.6) is 0 Å². The van der Waals surface area contributed by atoms with Crippen molar-refractivity contribution in [2.75, 3.05) is 19.6 Å². The molecule has 0 aliphatic carbocycles. The summed E-state index contributed by atoms with van der Waals surface area (Å²) in [6.45, 7) is 6.92. The van der Waals surface area contributed by atoms with E-state index in [4.69, 9.17) is 5.11 Å². The van der Waals surface area contributed by atoms with E-state index < -0.39 is 5.97 Å². The summed E-state index contributed by atoms with van der Waals surface area (Å²) in [5.41, 5.74) is 0.453. The van der Waals surface area contributed by atoms with Gasteiger partial charge in [-0.15, -0.1) is 0 Å². The fraction of sp³-hybridized carbons (Fsp3) is 0.750. The van der Waals surface area contributed by atoms with Gasteiger partial charge in [0.1, 0.15) is 0 Å². The molecule has 0 amide bonds. The van der Waals surface area contributed by atoms with Crippen molar-refractivity contribution in [2.24, 2.45) is 5.92 Å². The standard InChI is InChI=1S/C12H21NO2/c1-3-4-11-6-8-13(9-11)7-5-10(2)12(14)15/h5,11H,3-4,6-9H2,1-2H3,(H,14,15)/b10-5-. The fourth-order valence-electron chi connectivity index (χ4n) is 2.08. The Bertz CT molecular complexity index is 248. The van der Waals surface area contributed by atoms with Gasteiger partial charge >= 0.3 is 5.97 Å². The summed E-state index contributed by atoms with van der Waals surface area (Å²) in [6, 6.07) is 0. The van der Waals surface area contributed by atoms with Crippen molar-refractivity contribution in [1.29, 1.82) is 0 Å². The smallest absolute Gasteiger partial charge is 0.330 e. The van der Waals surface area contributed by atoms with Crippen molar-refractivity contribution in [2.45, 2.75) is 33.1 Å². The van der Waals surface area contributed by atoms with Crippen LogP contribution in [0.2, 0.25) is 0 Å². The third kappa shape index (κ3) is 4.04. The Morgan fingerprint density at radius 1 is 1.60 bits per heavy atom. The molecule has 0 radical (unpaired) electrons. The van der Waals surface area contributed by atoms with Crippen LogP contribution in [0.1, 0.15) is 33.1 Å². The first-order valence-corrected chi connectivity index (χ1v) is 5.76. The first-order valence-electron chi connectivity index (χ1n) is 5.76. The molecule has 0 aromatic carbocycles. The number of carbonyl (C=O) groups is 1. The second kappa shape index (κ2) is 5.91. The Morgan fingerprint density at radius 3 is 2.93 bits per heavy atom. The SMILES string of the molecule is CCCC1CCN(C/C=C(/C)C(=O)O)C1. The lowest BCUT2D eigenvalue weighted by molar-refractivity contribution is -0.132. The second-order valence-electron chi connectivity index (χ2n) is 4.40. The van der Waals surface area contributed by atoms with E-state index in [9.17, 15) is 4.79 Å². The molecule has 86 valence electrons. The third-order valence-corrected chi connectivity index (χ3v) is 3.06. The van der Waals surface area contributed by atoms with Gasteiger partial charge in [-0.3, -0.25) is 4.90 Å². The molecule has 0 aromatic heterocycles. The molecule has 0 bridgehead atoms. The van der Waals surface area contributed by atoms with Crippen LogP contribution < -0.4 is 0 Å². The van der Waals surface area contributed by atoms with Gasteiger partial charge in [-0.25, -0.2) is 4.79 Å². The van der Waals surface area contributed by atoms with Crippen molar-refractivity contribution in [3.63, 3.8) is 0 Å². The Labute approximate surface area is 91.8 Å². The quantitative estimate of drug-likeness (QED) is 0.708. The van der Waals surface area contributed by atoms with Gasteiger partial charge in [0.2, 0.25) is 0 Å². The first-order chi connectivity index (χ1) is 7.13. The molecule has 1 N–H and O–H groups in total.